The molecule has 0 radical (unpaired) electrons. The van der Waals surface area contributed by atoms with E-state index in [9.17, 15) is 13.2 Å². The van der Waals surface area contributed by atoms with Crippen molar-refractivity contribution in [1.29, 1.82) is 0 Å². The number of carbonyl (C=O) groups excluding carboxylic acids is 1. The average Bonchev–Trinajstić information content (AvgIpc) is 3.27. The number of rotatable bonds is 7. The SMILES string of the molecule is NS(=O)(=O)c1cccc(Nc2nccc(-c3ccc(NC(=O)Cc4ccsc4)cc3)n2)c1. The third-order valence-electron chi connectivity index (χ3n) is 4.48. The highest BCUT2D eigenvalue weighted by molar-refractivity contribution is 7.89. The Morgan fingerprint density at radius 3 is 2.56 bits per heavy atom. The Labute approximate surface area is 189 Å². The molecule has 0 aliphatic rings. The lowest BCUT2D eigenvalue weighted by molar-refractivity contribution is -0.115. The third kappa shape index (κ3) is 5.55. The van der Waals surface area contributed by atoms with Gasteiger partial charge >= 0.3 is 0 Å². The first kappa shape index (κ1) is 21.6. The fourth-order valence-electron chi connectivity index (χ4n) is 2.97. The van der Waals surface area contributed by atoms with Gasteiger partial charge in [0.1, 0.15) is 0 Å². The summed E-state index contributed by atoms with van der Waals surface area (Å²) in [5.41, 5.74) is 3.68. The van der Waals surface area contributed by atoms with E-state index in [4.69, 9.17) is 5.14 Å². The Morgan fingerprint density at radius 1 is 1.03 bits per heavy atom. The van der Waals surface area contributed by atoms with Crippen molar-refractivity contribution in [1.82, 2.24) is 9.97 Å². The average molecular weight is 466 g/mol. The number of hydrogen-bond acceptors (Lipinski definition) is 7. The lowest BCUT2D eigenvalue weighted by Crippen LogP contribution is -2.13. The fourth-order valence-corrected chi connectivity index (χ4v) is 4.20. The molecule has 0 fully saturated rings. The lowest BCUT2D eigenvalue weighted by Gasteiger charge is -2.09. The van der Waals surface area contributed by atoms with Gasteiger partial charge in [0.2, 0.25) is 21.9 Å². The minimum atomic E-state index is -3.81. The van der Waals surface area contributed by atoms with E-state index >= 15 is 0 Å². The van der Waals surface area contributed by atoms with Gasteiger partial charge in [0, 0.05) is 23.1 Å². The molecule has 4 rings (SSSR count). The molecule has 4 N–H and O–H groups in total. The predicted molar refractivity (Wildman–Crippen MR) is 125 cm³/mol. The van der Waals surface area contributed by atoms with Crippen LogP contribution < -0.4 is 15.8 Å². The van der Waals surface area contributed by atoms with Crippen LogP contribution in [0.25, 0.3) is 11.3 Å². The normalized spacial score (nSPS) is 11.2. The minimum Gasteiger partial charge on any atom is -0.326 e. The standard InChI is InChI=1S/C22H19N5O3S2/c23-32(29,30)19-3-1-2-18(13-19)26-22-24-10-8-20(27-22)16-4-6-17(7-5-16)25-21(28)12-15-9-11-31-14-15/h1-11,13-14H,12H2,(H,25,28)(H2,23,29,30)(H,24,26,27). The Kier molecular flexibility index (Phi) is 6.26. The summed E-state index contributed by atoms with van der Waals surface area (Å²) in [6, 6.07) is 17.1. The summed E-state index contributed by atoms with van der Waals surface area (Å²) in [5, 5.41) is 14.9. The number of thiophene rings is 1. The zero-order chi connectivity index (χ0) is 22.6. The molecule has 4 aromatic rings. The molecule has 0 aliphatic heterocycles. The van der Waals surface area contributed by atoms with Gasteiger partial charge in [0.05, 0.1) is 17.0 Å². The second kappa shape index (κ2) is 9.27. The number of nitrogens with two attached hydrogens (primary N) is 1. The number of benzene rings is 2. The van der Waals surface area contributed by atoms with E-state index in [0.717, 1.165) is 11.1 Å². The van der Waals surface area contributed by atoms with Gasteiger partial charge < -0.3 is 10.6 Å². The molecule has 2 aromatic heterocycles. The number of primary sulfonamides is 1. The van der Waals surface area contributed by atoms with Gasteiger partial charge in [-0.2, -0.15) is 11.3 Å². The van der Waals surface area contributed by atoms with E-state index in [-0.39, 0.29) is 10.8 Å². The van der Waals surface area contributed by atoms with Gasteiger partial charge in [0.25, 0.3) is 0 Å². The first-order valence-electron chi connectivity index (χ1n) is 9.51. The largest absolute Gasteiger partial charge is 0.326 e. The maximum Gasteiger partial charge on any atom is 0.238 e. The summed E-state index contributed by atoms with van der Waals surface area (Å²) >= 11 is 1.56. The molecule has 8 nitrogen and oxygen atoms in total. The third-order valence-corrected chi connectivity index (χ3v) is 6.13. The number of sulfonamides is 1. The van der Waals surface area contributed by atoms with Crippen LogP contribution in [0.5, 0.6) is 0 Å². The van der Waals surface area contributed by atoms with Crippen LogP contribution in [0, 0.1) is 0 Å². The molecule has 32 heavy (non-hydrogen) atoms. The van der Waals surface area contributed by atoms with Crippen molar-refractivity contribution in [2.75, 3.05) is 10.6 Å². The van der Waals surface area contributed by atoms with E-state index in [1.807, 2.05) is 41.1 Å². The van der Waals surface area contributed by atoms with Crippen LogP contribution in [0.1, 0.15) is 5.56 Å². The smallest absolute Gasteiger partial charge is 0.238 e. The number of aromatic nitrogens is 2. The summed E-state index contributed by atoms with van der Waals surface area (Å²) in [6.07, 6.45) is 1.93. The molecule has 0 unspecified atom stereocenters. The number of anilines is 3. The Bertz CT molecular complexity index is 1340. The number of amides is 1. The molecule has 10 heteroatoms. The maximum atomic E-state index is 12.2. The molecule has 0 saturated heterocycles. The molecule has 0 saturated carbocycles. The molecule has 0 bridgehead atoms. The van der Waals surface area contributed by atoms with Crippen LogP contribution in [0.3, 0.4) is 0 Å². The zero-order valence-electron chi connectivity index (χ0n) is 16.7. The van der Waals surface area contributed by atoms with Crippen molar-refractivity contribution in [3.63, 3.8) is 0 Å². The van der Waals surface area contributed by atoms with Crippen molar-refractivity contribution < 1.29 is 13.2 Å². The zero-order valence-corrected chi connectivity index (χ0v) is 18.4. The van der Waals surface area contributed by atoms with Gasteiger partial charge in [-0.3, -0.25) is 4.79 Å². The summed E-state index contributed by atoms with van der Waals surface area (Å²) in [7, 11) is -3.81. The summed E-state index contributed by atoms with van der Waals surface area (Å²) in [6.45, 7) is 0. The Hall–Kier alpha value is -3.60. The molecule has 0 spiro atoms. The highest BCUT2D eigenvalue weighted by Crippen LogP contribution is 2.22. The van der Waals surface area contributed by atoms with E-state index in [0.29, 0.717) is 29.4 Å². The number of carbonyl (C=O) groups is 1. The van der Waals surface area contributed by atoms with Crippen LogP contribution in [0.2, 0.25) is 0 Å². The van der Waals surface area contributed by atoms with Crippen molar-refractivity contribution in [3.8, 4) is 11.3 Å². The maximum absolute atomic E-state index is 12.2. The number of hydrogen-bond donors (Lipinski definition) is 3. The highest BCUT2D eigenvalue weighted by atomic mass is 32.2. The van der Waals surface area contributed by atoms with Crippen LogP contribution in [0.15, 0.2) is 82.5 Å². The summed E-state index contributed by atoms with van der Waals surface area (Å²) < 4.78 is 23.1. The van der Waals surface area contributed by atoms with E-state index in [1.165, 1.54) is 12.1 Å². The molecule has 0 atom stereocenters. The molecular weight excluding hydrogens is 446 g/mol. The van der Waals surface area contributed by atoms with Crippen molar-refractivity contribution in [3.05, 3.63) is 83.2 Å². The first-order chi connectivity index (χ1) is 15.4. The highest BCUT2D eigenvalue weighted by Gasteiger charge is 2.10. The number of nitrogens with zero attached hydrogens (tertiary/aromatic N) is 2. The predicted octanol–water partition coefficient (Wildman–Crippen LogP) is 3.78. The van der Waals surface area contributed by atoms with Crippen LogP contribution in [-0.4, -0.2) is 24.3 Å². The Morgan fingerprint density at radius 2 is 1.84 bits per heavy atom. The molecule has 2 heterocycles. The van der Waals surface area contributed by atoms with Crippen molar-refractivity contribution in [2.45, 2.75) is 11.3 Å². The summed E-state index contributed by atoms with van der Waals surface area (Å²) in [5.74, 6) is 0.230. The topological polar surface area (TPSA) is 127 Å². The van der Waals surface area contributed by atoms with Gasteiger partial charge in [-0.25, -0.2) is 23.5 Å². The molecule has 162 valence electrons. The van der Waals surface area contributed by atoms with Gasteiger partial charge in [-0.15, -0.1) is 0 Å². The van der Waals surface area contributed by atoms with Gasteiger partial charge in [-0.1, -0.05) is 18.2 Å². The van der Waals surface area contributed by atoms with E-state index < -0.39 is 10.0 Å². The lowest BCUT2D eigenvalue weighted by atomic mass is 10.1. The second-order valence-electron chi connectivity index (χ2n) is 6.90. The first-order valence-corrected chi connectivity index (χ1v) is 12.0. The van der Waals surface area contributed by atoms with Crippen LogP contribution in [0.4, 0.5) is 17.3 Å². The second-order valence-corrected chi connectivity index (χ2v) is 9.24. The number of nitrogens with one attached hydrogen (secondary N) is 2. The monoisotopic (exact) mass is 465 g/mol. The van der Waals surface area contributed by atoms with Gasteiger partial charge in [-0.05, 0) is 58.8 Å². The molecule has 0 aliphatic carbocycles. The molecule has 2 aromatic carbocycles. The fraction of sp³-hybridized carbons (Fsp3) is 0.0455. The Balaban J connectivity index is 1.45. The van der Waals surface area contributed by atoms with Crippen LogP contribution in [-0.2, 0) is 21.2 Å². The summed E-state index contributed by atoms with van der Waals surface area (Å²) in [4.78, 5) is 20.8. The molecule has 1 amide bonds. The van der Waals surface area contributed by atoms with Crippen molar-refractivity contribution >= 4 is 44.6 Å². The van der Waals surface area contributed by atoms with Crippen molar-refractivity contribution in [2.24, 2.45) is 5.14 Å². The van der Waals surface area contributed by atoms with E-state index in [1.54, 1.807) is 35.7 Å². The quantitative estimate of drug-likeness (QED) is 0.381. The minimum absolute atomic E-state index is 0.00436. The van der Waals surface area contributed by atoms with Gasteiger partial charge in [0.15, 0.2) is 0 Å². The van der Waals surface area contributed by atoms with Crippen LogP contribution >= 0.6 is 11.3 Å². The molecular formula is C22H19N5O3S2. The van der Waals surface area contributed by atoms with E-state index in [2.05, 4.69) is 20.6 Å².